The molecule has 0 heterocycles. The molecule has 0 aromatic rings. The molecule has 0 aliphatic carbocycles. The van der Waals surface area contributed by atoms with E-state index in [1.807, 2.05) is 6.92 Å². The minimum absolute atomic E-state index is 0.165. The molecule has 0 spiro atoms. The van der Waals surface area contributed by atoms with Crippen LogP contribution in [-0.2, 0) is 19.1 Å². The Kier molecular flexibility index (Phi) is 6.42. The lowest BCUT2D eigenvalue weighted by atomic mass is 9.94. The van der Waals surface area contributed by atoms with E-state index in [0.717, 1.165) is 12.8 Å². The van der Waals surface area contributed by atoms with Gasteiger partial charge in [-0.1, -0.05) is 26.3 Å². The second kappa shape index (κ2) is 7.04. The molecular formula is C11H18O4. The summed E-state index contributed by atoms with van der Waals surface area (Å²) in [6.07, 6.45) is 2.36. The minimum Gasteiger partial charge on any atom is -0.469 e. The lowest BCUT2D eigenvalue weighted by Gasteiger charge is -2.14. The molecule has 0 radical (unpaired) electrons. The zero-order valence-electron chi connectivity index (χ0n) is 9.54. The Morgan fingerprint density at radius 2 is 1.87 bits per heavy atom. The van der Waals surface area contributed by atoms with Crippen LogP contribution in [0.15, 0.2) is 12.2 Å². The third kappa shape index (κ3) is 4.14. The van der Waals surface area contributed by atoms with Crippen LogP contribution in [0.1, 0.15) is 26.2 Å². The van der Waals surface area contributed by atoms with E-state index in [4.69, 9.17) is 0 Å². The van der Waals surface area contributed by atoms with Crippen molar-refractivity contribution in [1.82, 2.24) is 0 Å². The Labute approximate surface area is 90.2 Å². The summed E-state index contributed by atoms with van der Waals surface area (Å²) in [5.74, 6) is -1.57. The van der Waals surface area contributed by atoms with Crippen LogP contribution in [0.4, 0.5) is 0 Å². The Balaban J connectivity index is 4.54. The summed E-state index contributed by atoms with van der Waals surface area (Å²) in [7, 11) is 2.56. The molecule has 4 heteroatoms. The first-order chi connectivity index (χ1) is 7.08. The number of carbonyl (C=O) groups excluding carboxylic acids is 2. The molecule has 0 aliphatic rings. The van der Waals surface area contributed by atoms with E-state index in [-0.39, 0.29) is 5.57 Å². The molecule has 0 aromatic heterocycles. The average Bonchev–Trinajstić information content (AvgIpc) is 2.27. The Morgan fingerprint density at radius 1 is 1.27 bits per heavy atom. The molecule has 15 heavy (non-hydrogen) atoms. The van der Waals surface area contributed by atoms with Crippen LogP contribution < -0.4 is 0 Å². The van der Waals surface area contributed by atoms with Crippen molar-refractivity contribution in [3.8, 4) is 0 Å². The van der Waals surface area contributed by atoms with Gasteiger partial charge < -0.3 is 9.47 Å². The van der Waals surface area contributed by atoms with Crippen molar-refractivity contribution in [2.45, 2.75) is 26.2 Å². The fourth-order valence-corrected chi connectivity index (χ4v) is 1.26. The minimum atomic E-state index is -0.581. The van der Waals surface area contributed by atoms with Crippen LogP contribution in [0.3, 0.4) is 0 Å². The largest absolute Gasteiger partial charge is 0.469 e. The van der Waals surface area contributed by atoms with Gasteiger partial charge >= 0.3 is 11.9 Å². The third-order valence-electron chi connectivity index (χ3n) is 2.20. The molecule has 4 nitrogen and oxygen atoms in total. The number of esters is 2. The molecule has 0 saturated carbocycles. The van der Waals surface area contributed by atoms with Crippen molar-refractivity contribution >= 4 is 11.9 Å². The van der Waals surface area contributed by atoms with E-state index >= 15 is 0 Å². The number of rotatable bonds is 6. The molecule has 0 aromatic carbocycles. The van der Waals surface area contributed by atoms with E-state index in [0.29, 0.717) is 6.42 Å². The van der Waals surface area contributed by atoms with Gasteiger partial charge in [0, 0.05) is 5.57 Å². The first-order valence-electron chi connectivity index (χ1n) is 4.93. The summed E-state index contributed by atoms with van der Waals surface area (Å²) in [5, 5.41) is 0. The normalized spacial score (nSPS) is 11.7. The number of unbranched alkanes of at least 4 members (excludes halogenated alkanes) is 1. The van der Waals surface area contributed by atoms with Crippen molar-refractivity contribution in [1.29, 1.82) is 0 Å². The van der Waals surface area contributed by atoms with Gasteiger partial charge in [-0.25, -0.2) is 4.79 Å². The van der Waals surface area contributed by atoms with Gasteiger partial charge in [0.25, 0.3) is 0 Å². The first kappa shape index (κ1) is 13.7. The van der Waals surface area contributed by atoms with Gasteiger partial charge in [-0.15, -0.1) is 0 Å². The molecule has 0 amide bonds. The predicted octanol–water partition coefficient (Wildman–Crippen LogP) is 1.70. The number of methoxy groups -OCH3 is 2. The van der Waals surface area contributed by atoms with Crippen LogP contribution in [0.25, 0.3) is 0 Å². The topological polar surface area (TPSA) is 52.6 Å². The SMILES string of the molecule is C=C(C(=O)OC)[C@H](CCCC)C(=O)OC. The number of hydrogen-bond acceptors (Lipinski definition) is 4. The van der Waals surface area contributed by atoms with Gasteiger partial charge in [-0.2, -0.15) is 0 Å². The highest BCUT2D eigenvalue weighted by molar-refractivity contribution is 5.94. The molecule has 0 aliphatic heterocycles. The Hall–Kier alpha value is -1.32. The maximum atomic E-state index is 11.4. The molecular weight excluding hydrogens is 196 g/mol. The summed E-state index contributed by atoms with van der Waals surface area (Å²) in [4.78, 5) is 22.6. The van der Waals surface area contributed by atoms with E-state index in [1.54, 1.807) is 0 Å². The second-order valence-corrected chi connectivity index (χ2v) is 3.23. The van der Waals surface area contributed by atoms with Crippen molar-refractivity contribution in [3.63, 3.8) is 0 Å². The summed E-state index contributed by atoms with van der Waals surface area (Å²) < 4.78 is 9.14. The average molecular weight is 214 g/mol. The zero-order valence-corrected chi connectivity index (χ0v) is 9.54. The van der Waals surface area contributed by atoms with Gasteiger partial charge in [0.15, 0.2) is 0 Å². The Bertz CT molecular complexity index is 245. The lowest BCUT2D eigenvalue weighted by molar-refractivity contribution is -0.147. The van der Waals surface area contributed by atoms with Crippen molar-refractivity contribution in [2.75, 3.05) is 14.2 Å². The van der Waals surface area contributed by atoms with Crippen LogP contribution in [0.5, 0.6) is 0 Å². The third-order valence-corrected chi connectivity index (χ3v) is 2.20. The standard InChI is InChI=1S/C11H18O4/c1-5-6-7-9(11(13)15-4)8(2)10(12)14-3/h9H,2,5-7H2,1,3-4H3/t9-/m0/s1. The molecule has 0 fully saturated rings. The van der Waals surface area contributed by atoms with Crippen LogP contribution in [0, 0.1) is 5.92 Å². The van der Waals surface area contributed by atoms with Crippen LogP contribution >= 0.6 is 0 Å². The summed E-state index contributed by atoms with van der Waals surface area (Å²) in [5.41, 5.74) is 0.165. The fraction of sp³-hybridized carbons (Fsp3) is 0.636. The second-order valence-electron chi connectivity index (χ2n) is 3.23. The highest BCUT2D eigenvalue weighted by Gasteiger charge is 2.26. The predicted molar refractivity (Wildman–Crippen MR) is 56.2 cm³/mol. The quantitative estimate of drug-likeness (QED) is 0.498. The Morgan fingerprint density at radius 3 is 2.27 bits per heavy atom. The van der Waals surface area contributed by atoms with Gasteiger partial charge in [0.2, 0.25) is 0 Å². The van der Waals surface area contributed by atoms with E-state index < -0.39 is 17.9 Å². The summed E-state index contributed by atoms with van der Waals surface area (Å²) in [6, 6.07) is 0. The van der Waals surface area contributed by atoms with Crippen LogP contribution in [-0.4, -0.2) is 26.2 Å². The highest BCUT2D eigenvalue weighted by atomic mass is 16.5. The summed E-state index contributed by atoms with van der Waals surface area (Å²) >= 11 is 0. The maximum Gasteiger partial charge on any atom is 0.334 e. The molecule has 0 saturated heterocycles. The number of carbonyl (C=O) groups is 2. The van der Waals surface area contributed by atoms with Gasteiger partial charge in [-0.3, -0.25) is 4.79 Å². The monoisotopic (exact) mass is 214 g/mol. The van der Waals surface area contributed by atoms with Crippen molar-refractivity contribution in [3.05, 3.63) is 12.2 Å². The van der Waals surface area contributed by atoms with Gasteiger partial charge in [0.1, 0.15) is 0 Å². The maximum absolute atomic E-state index is 11.4. The van der Waals surface area contributed by atoms with E-state index in [2.05, 4.69) is 16.1 Å². The fourth-order valence-electron chi connectivity index (χ4n) is 1.26. The zero-order chi connectivity index (χ0) is 11.8. The lowest BCUT2D eigenvalue weighted by Crippen LogP contribution is -2.23. The van der Waals surface area contributed by atoms with E-state index in [1.165, 1.54) is 14.2 Å². The van der Waals surface area contributed by atoms with E-state index in [9.17, 15) is 9.59 Å². The first-order valence-corrected chi connectivity index (χ1v) is 4.93. The molecule has 0 N–H and O–H groups in total. The van der Waals surface area contributed by atoms with Crippen LogP contribution in [0.2, 0.25) is 0 Å². The molecule has 1 atom stereocenters. The summed E-state index contributed by atoms with van der Waals surface area (Å²) in [6.45, 7) is 5.58. The van der Waals surface area contributed by atoms with Crippen molar-refractivity contribution in [2.24, 2.45) is 5.92 Å². The van der Waals surface area contributed by atoms with Gasteiger partial charge in [-0.05, 0) is 6.42 Å². The molecule has 86 valence electrons. The highest BCUT2D eigenvalue weighted by Crippen LogP contribution is 2.19. The van der Waals surface area contributed by atoms with Gasteiger partial charge in [0.05, 0.1) is 20.1 Å². The molecule has 0 bridgehead atoms. The number of ether oxygens (including phenoxy) is 2. The smallest absolute Gasteiger partial charge is 0.334 e. The number of hydrogen-bond donors (Lipinski definition) is 0. The molecule has 0 unspecified atom stereocenters. The molecule has 0 rings (SSSR count). The van der Waals surface area contributed by atoms with Crippen molar-refractivity contribution < 1.29 is 19.1 Å².